The number of nitrogens with zero attached hydrogens (tertiary/aromatic N) is 4. The number of hydrogen-bond acceptors (Lipinski definition) is 3. The zero-order valence-electron chi connectivity index (χ0n) is 12.3. The van der Waals surface area contributed by atoms with Gasteiger partial charge in [-0.1, -0.05) is 12.1 Å². The lowest BCUT2D eigenvalue weighted by Gasteiger charge is -2.14. The summed E-state index contributed by atoms with van der Waals surface area (Å²) in [5.41, 5.74) is 0.778. The molecule has 0 aliphatic carbocycles. The van der Waals surface area contributed by atoms with Crippen LogP contribution in [-0.4, -0.2) is 27.0 Å². The van der Waals surface area contributed by atoms with Gasteiger partial charge in [0.1, 0.15) is 5.69 Å². The highest BCUT2D eigenvalue weighted by molar-refractivity contribution is 6.06. The molecule has 1 aliphatic heterocycles. The highest BCUT2D eigenvalue weighted by Gasteiger charge is 2.33. The monoisotopic (exact) mass is 332 g/mol. The van der Waals surface area contributed by atoms with E-state index in [-0.39, 0.29) is 5.56 Å². The fraction of sp³-hybridized carbons (Fsp3) is 0.188. The number of halogens is 3. The maximum Gasteiger partial charge on any atom is 0.433 e. The van der Waals surface area contributed by atoms with Crippen LogP contribution >= 0.6 is 0 Å². The highest BCUT2D eigenvalue weighted by Crippen LogP contribution is 2.30. The third-order valence-corrected chi connectivity index (χ3v) is 3.97. The van der Waals surface area contributed by atoms with Crippen LogP contribution in [0.3, 0.4) is 0 Å². The van der Waals surface area contributed by atoms with Crippen LogP contribution in [0.2, 0.25) is 0 Å². The molecular weight excluding hydrogens is 321 g/mol. The maximum atomic E-state index is 12.6. The zero-order valence-corrected chi connectivity index (χ0v) is 12.3. The molecule has 0 spiro atoms. The number of amides is 1. The standard InChI is InChI=1S/C16H11F3N4O/c17-16(18,19)13-6-5-10(9-20-13)14(24)23-8-7-22-12-4-2-1-3-11(12)21-15(22)23/h1-6,9H,7-8H2. The number of para-hydroxylation sites is 2. The first-order chi connectivity index (χ1) is 11.4. The molecule has 0 radical (unpaired) electrons. The predicted molar refractivity (Wildman–Crippen MR) is 80.6 cm³/mol. The van der Waals surface area contributed by atoms with Gasteiger partial charge in [-0.25, -0.2) is 4.98 Å². The van der Waals surface area contributed by atoms with Gasteiger partial charge in [0.05, 0.1) is 16.6 Å². The molecule has 1 aliphatic rings. The van der Waals surface area contributed by atoms with Crippen molar-refractivity contribution in [3.63, 3.8) is 0 Å². The first-order valence-corrected chi connectivity index (χ1v) is 7.25. The summed E-state index contributed by atoms with van der Waals surface area (Å²) < 4.78 is 39.6. The molecule has 0 saturated carbocycles. The van der Waals surface area contributed by atoms with E-state index >= 15 is 0 Å². The fourth-order valence-corrected chi connectivity index (χ4v) is 2.83. The zero-order chi connectivity index (χ0) is 16.9. The van der Waals surface area contributed by atoms with Gasteiger partial charge in [-0.3, -0.25) is 14.7 Å². The van der Waals surface area contributed by atoms with Crippen molar-refractivity contribution in [3.05, 3.63) is 53.9 Å². The molecule has 3 heterocycles. The number of pyridine rings is 1. The van der Waals surface area contributed by atoms with Crippen LogP contribution in [0.5, 0.6) is 0 Å². The molecule has 1 aromatic carbocycles. The second-order valence-electron chi connectivity index (χ2n) is 5.44. The second-order valence-corrected chi connectivity index (χ2v) is 5.44. The molecule has 0 atom stereocenters. The van der Waals surface area contributed by atoms with E-state index in [9.17, 15) is 18.0 Å². The Balaban J connectivity index is 1.67. The fourth-order valence-electron chi connectivity index (χ4n) is 2.83. The number of alkyl halides is 3. The summed E-state index contributed by atoms with van der Waals surface area (Å²) in [6.45, 7) is 1.02. The SMILES string of the molecule is O=C(c1ccc(C(F)(F)F)nc1)N1CCn2c1nc1ccccc12. The van der Waals surface area contributed by atoms with Crippen molar-refractivity contribution in [3.8, 4) is 0 Å². The average molecular weight is 332 g/mol. The average Bonchev–Trinajstić information content (AvgIpc) is 3.12. The Morgan fingerprint density at radius 3 is 2.58 bits per heavy atom. The van der Waals surface area contributed by atoms with Crippen molar-refractivity contribution >= 4 is 22.9 Å². The molecule has 0 saturated heterocycles. The summed E-state index contributed by atoms with van der Waals surface area (Å²) in [6, 6.07) is 9.47. The Morgan fingerprint density at radius 1 is 1.08 bits per heavy atom. The van der Waals surface area contributed by atoms with Crippen LogP contribution in [0.15, 0.2) is 42.6 Å². The van der Waals surface area contributed by atoms with E-state index in [1.807, 2.05) is 28.8 Å². The third kappa shape index (κ3) is 2.22. The van der Waals surface area contributed by atoms with Crippen LogP contribution in [-0.2, 0) is 12.7 Å². The maximum absolute atomic E-state index is 12.6. The largest absolute Gasteiger partial charge is 0.433 e. The first kappa shape index (κ1) is 14.7. The van der Waals surface area contributed by atoms with Crippen molar-refractivity contribution in [2.75, 3.05) is 11.4 Å². The Kier molecular flexibility index (Phi) is 3.09. The molecule has 3 aromatic rings. The van der Waals surface area contributed by atoms with E-state index in [0.29, 0.717) is 19.0 Å². The van der Waals surface area contributed by atoms with Crippen LogP contribution in [0, 0.1) is 0 Å². The number of rotatable bonds is 1. The molecule has 0 N–H and O–H groups in total. The van der Waals surface area contributed by atoms with E-state index in [2.05, 4.69) is 9.97 Å². The minimum absolute atomic E-state index is 0.100. The molecule has 0 fully saturated rings. The van der Waals surface area contributed by atoms with Gasteiger partial charge in [-0.2, -0.15) is 13.2 Å². The lowest BCUT2D eigenvalue weighted by atomic mass is 10.2. The Labute approximate surface area is 134 Å². The van der Waals surface area contributed by atoms with Gasteiger partial charge in [0.25, 0.3) is 5.91 Å². The van der Waals surface area contributed by atoms with Crippen molar-refractivity contribution in [1.29, 1.82) is 0 Å². The van der Waals surface area contributed by atoms with Gasteiger partial charge < -0.3 is 4.57 Å². The van der Waals surface area contributed by atoms with Gasteiger partial charge >= 0.3 is 6.18 Å². The number of carbonyl (C=O) groups excluding carboxylic acids is 1. The normalized spacial score (nSPS) is 14.2. The topological polar surface area (TPSA) is 51.0 Å². The molecule has 5 nitrogen and oxygen atoms in total. The van der Waals surface area contributed by atoms with Gasteiger partial charge in [0, 0.05) is 19.3 Å². The van der Waals surface area contributed by atoms with Crippen molar-refractivity contribution in [2.45, 2.75) is 12.7 Å². The van der Waals surface area contributed by atoms with E-state index in [0.717, 1.165) is 29.4 Å². The number of fused-ring (bicyclic) bond motifs is 3. The first-order valence-electron chi connectivity index (χ1n) is 7.25. The van der Waals surface area contributed by atoms with Crippen molar-refractivity contribution < 1.29 is 18.0 Å². The number of carbonyl (C=O) groups is 1. The molecule has 24 heavy (non-hydrogen) atoms. The van der Waals surface area contributed by atoms with E-state index < -0.39 is 17.8 Å². The molecule has 1 amide bonds. The Bertz CT molecular complexity index is 931. The molecule has 122 valence electrons. The van der Waals surface area contributed by atoms with Gasteiger partial charge in [-0.05, 0) is 24.3 Å². The number of benzene rings is 1. The van der Waals surface area contributed by atoms with Crippen molar-refractivity contribution in [2.24, 2.45) is 0 Å². The molecule has 8 heteroatoms. The summed E-state index contributed by atoms with van der Waals surface area (Å²) >= 11 is 0. The van der Waals surface area contributed by atoms with Crippen LogP contribution in [0.1, 0.15) is 16.1 Å². The summed E-state index contributed by atoms with van der Waals surface area (Å²) in [5.74, 6) is 0.0892. The molecule has 2 aromatic heterocycles. The van der Waals surface area contributed by atoms with Crippen LogP contribution in [0.25, 0.3) is 11.0 Å². The summed E-state index contributed by atoms with van der Waals surface area (Å²) in [6.07, 6.45) is -3.57. The number of anilines is 1. The Hall–Kier alpha value is -2.90. The van der Waals surface area contributed by atoms with Crippen LogP contribution < -0.4 is 4.90 Å². The number of hydrogen-bond donors (Lipinski definition) is 0. The van der Waals surface area contributed by atoms with E-state index in [1.165, 1.54) is 4.90 Å². The second kappa shape index (κ2) is 5.05. The third-order valence-electron chi connectivity index (χ3n) is 3.97. The van der Waals surface area contributed by atoms with Crippen LogP contribution in [0.4, 0.5) is 19.1 Å². The number of imidazole rings is 1. The van der Waals surface area contributed by atoms with Gasteiger partial charge in [0.15, 0.2) is 0 Å². The van der Waals surface area contributed by atoms with Crippen molar-refractivity contribution in [1.82, 2.24) is 14.5 Å². The molecular formula is C16H11F3N4O. The summed E-state index contributed by atoms with van der Waals surface area (Å²) in [5, 5.41) is 0. The summed E-state index contributed by atoms with van der Waals surface area (Å²) in [4.78, 5) is 21.8. The van der Waals surface area contributed by atoms with Gasteiger partial charge in [0.2, 0.25) is 5.95 Å². The smallest absolute Gasteiger partial charge is 0.308 e. The van der Waals surface area contributed by atoms with Gasteiger partial charge in [-0.15, -0.1) is 0 Å². The Morgan fingerprint density at radius 2 is 1.88 bits per heavy atom. The van der Waals surface area contributed by atoms with E-state index in [1.54, 1.807) is 0 Å². The predicted octanol–water partition coefficient (Wildman–Crippen LogP) is 3.11. The quantitative estimate of drug-likeness (QED) is 0.688. The molecule has 0 unspecified atom stereocenters. The minimum Gasteiger partial charge on any atom is -0.308 e. The van der Waals surface area contributed by atoms with E-state index in [4.69, 9.17) is 0 Å². The lowest BCUT2D eigenvalue weighted by molar-refractivity contribution is -0.141. The lowest BCUT2D eigenvalue weighted by Crippen LogP contribution is -2.29. The highest BCUT2D eigenvalue weighted by atomic mass is 19.4. The summed E-state index contributed by atoms with van der Waals surface area (Å²) in [7, 11) is 0. The minimum atomic E-state index is -4.52. The number of aromatic nitrogens is 3. The molecule has 0 bridgehead atoms. The molecule has 4 rings (SSSR count).